The van der Waals surface area contributed by atoms with Crippen LogP contribution in [-0.2, 0) is 4.57 Å². The molecule has 0 aliphatic heterocycles. The monoisotopic (exact) mass is 494 g/mol. The molecular formula is C28H15O7P. The fourth-order valence-electron chi connectivity index (χ4n) is 4.66. The molecule has 0 bridgehead atoms. The van der Waals surface area contributed by atoms with Crippen molar-refractivity contribution in [2.75, 3.05) is 0 Å². The van der Waals surface area contributed by atoms with E-state index < -0.39 is 29.6 Å². The third kappa shape index (κ3) is 3.10. The van der Waals surface area contributed by atoms with Gasteiger partial charge in [0.25, 0.3) is 0 Å². The van der Waals surface area contributed by atoms with Gasteiger partial charge in [0.1, 0.15) is 0 Å². The van der Waals surface area contributed by atoms with Gasteiger partial charge in [-0.15, -0.1) is 0 Å². The van der Waals surface area contributed by atoms with Gasteiger partial charge in [0.05, 0.1) is 21.5 Å². The Labute approximate surface area is 201 Å². The van der Waals surface area contributed by atoms with Crippen LogP contribution in [0.1, 0.15) is 0 Å². The number of benzene rings is 4. The summed E-state index contributed by atoms with van der Waals surface area (Å²) in [5.41, 5.74) is -3.18. The standard InChI is InChI=1S/C28H15O7P/c29-25-20-15-21-24(28(32)35-26(21)30)22(23(20)27(31)34-25)16-11-13-19(14-12-16)36(33,17-7-3-1-4-8-17)18-9-5-2-6-10-18/h1-15H. The molecule has 0 saturated heterocycles. The predicted molar refractivity (Wildman–Crippen MR) is 138 cm³/mol. The molecule has 0 unspecified atom stereocenters. The van der Waals surface area contributed by atoms with Gasteiger partial charge in [0.2, 0.25) is 0 Å². The van der Waals surface area contributed by atoms with Crippen molar-refractivity contribution in [2.24, 2.45) is 0 Å². The molecule has 8 heteroatoms. The maximum absolute atomic E-state index is 14.6. The molecule has 4 aromatic carbocycles. The van der Waals surface area contributed by atoms with E-state index in [1.807, 2.05) is 60.7 Å². The zero-order chi connectivity index (χ0) is 25.0. The Morgan fingerprint density at radius 2 is 0.917 bits per heavy atom. The van der Waals surface area contributed by atoms with Crippen molar-refractivity contribution in [3.8, 4) is 11.1 Å². The first-order valence-electron chi connectivity index (χ1n) is 11.0. The Morgan fingerprint density at radius 3 is 1.36 bits per heavy atom. The number of rotatable bonds is 4. The topological polar surface area (TPSA) is 112 Å². The number of hydrogen-bond acceptors (Lipinski definition) is 7. The summed E-state index contributed by atoms with van der Waals surface area (Å²) < 4.78 is 24.1. The first-order valence-corrected chi connectivity index (χ1v) is 12.7. The molecular weight excluding hydrogens is 479 g/mol. The second-order valence-electron chi connectivity index (χ2n) is 8.28. The summed E-state index contributed by atoms with van der Waals surface area (Å²) >= 11 is 0. The molecule has 36 heavy (non-hydrogen) atoms. The Bertz CT molecular complexity index is 1910. The average Bonchev–Trinajstić information content (AvgIpc) is 3.37. The van der Waals surface area contributed by atoms with Crippen molar-refractivity contribution in [3.05, 3.63) is 133 Å². The van der Waals surface area contributed by atoms with Crippen LogP contribution in [0.5, 0.6) is 0 Å². The van der Waals surface area contributed by atoms with Crippen LogP contribution in [0, 0.1) is 0 Å². The summed E-state index contributed by atoms with van der Waals surface area (Å²) in [5, 5.41) is 1.40. The van der Waals surface area contributed by atoms with Crippen LogP contribution >= 0.6 is 7.14 Å². The Hall–Kier alpha value is -4.61. The molecule has 0 amide bonds. The first kappa shape index (κ1) is 21.9. The molecule has 0 aliphatic rings. The maximum atomic E-state index is 14.6. The Balaban J connectivity index is 1.63. The molecule has 0 N–H and O–H groups in total. The van der Waals surface area contributed by atoms with Gasteiger partial charge in [-0.25, -0.2) is 19.2 Å². The fraction of sp³-hybridized carbons (Fsp3) is 0. The highest BCUT2D eigenvalue weighted by Gasteiger charge is 2.30. The Kier molecular flexibility index (Phi) is 4.85. The summed E-state index contributed by atoms with van der Waals surface area (Å²) in [4.78, 5) is 49.5. The lowest BCUT2D eigenvalue weighted by molar-refractivity contribution is 0.498. The minimum absolute atomic E-state index is 0.0787. The number of fused-ring (bicyclic) bond motifs is 2. The molecule has 0 radical (unpaired) electrons. The molecule has 0 aliphatic carbocycles. The van der Waals surface area contributed by atoms with E-state index in [-0.39, 0.29) is 27.1 Å². The molecule has 6 rings (SSSR count). The first-order chi connectivity index (χ1) is 17.4. The highest BCUT2D eigenvalue weighted by atomic mass is 31.2. The normalized spacial score (nSPS) is 11.9. The SMILES string of the molecule is O=c1oc(=O)c2c(-c3ccc(P(=O)(c4ccccc4)c4ccccc4)cc3)c3c(=O)oc(=O)c3cc12. The second kappa shape index (κ2) is 7.97. The van der Waals surface area contributed by atoms with Crippen LogP contribution in [0.25, 0.3) is 32.7 Å². The van der Waals surface area contributed by atoms with Crippen LogP contribution in [-0.4, -0.2) is 0 Å². The van der Waals surface area contributed by atoms with Gasteiger partial charge >= 0.3 is 22.5 Å². The Morgan fingerprint density at radius 1 is 0.500 bits per heavy atom. The van der Waals surface area contributed by atoms with Crippen molar-refractivity contribution in [2.45, 2.75) is 0 Å². The largest absolute Gasteiger partial charge is 0.386 e. The van der Waals surface area contributed by atoms with Gasteiger partial charge in [-0.3, -0.25) is 0 Å². The van der Waals surface area contributed by atoms with E-state index in [1.54, 1.807) is 24.3 Å². The molecule has 2 aromatic heterocycles. The highest BCUT2D eigenvalue weighted by Crippen LogP contribution is 2.43. The lowest BCUT2D eigenvalue weighted by Crippen LogP contribution is -2.24. The summed E-state index contributed by atoms with van der Waals surface area (Å²) in [6, 6.07) is 25.9. The molecule has 0 saturated carbocycles. The van der Waals surface area contributed by atoms with E-state index in [0.29, 0.717) is 21.5 Å². The highest BCUT2D eigenvalue weighted by molar-refractivity contribution is 7.85. The molecule has 6 aromatic rings. The number of hydrogen-bond donors (Lipinski definition) is 0. The zero-order valence-electron chi connectivity index (χ0n) is 18.5. The predicted octanol–water partition coefficient (Wildman–Crippen LogP) is 2.80. The van der Waals surface area contributed by atoms with Gasteiger partial charge in [-0.05, 0) is 11.6 Å². The number of furan rings is 2. The molecule has 0 atom stereocenters. The van der Waals surface area contributed by atoms with Crippen LogP contribution < -0.4 is 38.4 Å². The molecule has 0 spiro atoms. The molecule has 0 fully saturated rings. The van der Waals surface area contributed by atoms with Crippen molar-refractivity contribution in [1.29, 1.82) is 0 Å². The van der Waals surface area contributed by atoms with E-state index in [0.717, 1.165) is 6.07 Å². The van der Waals surface area contributed by atoms with Crippen LogP contribution in [0.3, 0.4) is 0 Å². The van der Waals surface area contributed by atoms with Gasteiger partial charge in [0, 0.05) is 21.5 Å². The van der Waals surface area contributed by atoms with E-state index >= 15 is 0 Å². The molecule has 2 heterocycles. The van der Waals surface area contributed by atoms with Crippen molar-refractivity contribution in [1.82, 2.24) is 0 Å². The van der Waals surface area contributed by atoms with E-state index in [2.05, 4.69) is 0 Å². The lowest BCUT2D eigenvalue weighted by Gasteiger charge is -2.20. The smallest absolute Gasteiger partial charge is 0.347 e. The van der Waals surface area contributed by atoms with E-state index in [4.69, 9.17) is 8.83 Å². The third-order valence-corrected chi connectivity index (χ3v) is 9.38. The van der Waals surface area contributed by atoms with Gasteiger partial charge < -0.3 is 13.4 Å². The quantitative estimate of drug-likeness (QED) is 0.347. The molecule has 174 valence electrons. The van der Waals surface area contributed by atoms with E-state index in [1.165, 1.54) is 0 Å². The summed E-state index contributed by atoms with van der Waals surface area (Å²) in [5.74, 6) is 0. The lowest BCUT2D eigenvalue weighted by atomic mass is 9.96. The van der Waals surface area contributed by atoms with Crippen molar-refractivity contribution in [3.63, 3.8) is 0 Å². The van der Waals surface area contributed by atoms with Crippen LogP contribution in [0.15, 0.2) is 119 Å². The minimum atomic E-state index is -3.26. The average molecular weight is 494 g/mol. The summed E-state index contributed by atoms with van der Waals surface area (Å²) in [6.07, 6.45) is 0. The fourth-order valence-corrected chi connectivity index (χ4v) is 7.31. The second-order valence-corrected chi connectivity index (χ2v) is 11.0. The summed E-state index contributed by atoms with van der Waals surface area (Å²) in [6.45, 7) is 0. The minimum Gasteiger partial charge on any atom is -0.386 e. The van der Waals surface area contributed by atoms with Gasteiger partial charge in [0.15, 0.2) is 7.14 Å². The van der Waals surface area contributed by atoms with Crippen LogP contribution in [0.4, 0.5) is 0 Å². The zero-order valence-corrected chi connectivity index (χ0v) is 19.4. The molecule has 7 nitrogen and oxygen atoms in total. The van der Waals surface area contributed by atoms with Crippen molar-refractivity contribution < 1.29 is 13.4 Å². The van der Waals surface area contributed by atoms with E-state index in [9.17, 15) is 23.7 Å². The van der Waals surface area contributed by atoms with Crippen LogP contribution in [0.2, 0.25) is 0 Å². The van der Waals surface area contributed by atoms with Crippen molar-refractivity contribution >= 4 is 44.6 Å². The third-order valence-electron chi connectivity index (χ3n) is 6.31. The van der Waals surface area contributed by atoms with Gasteiger partial charge in [-0.1, -0.05) is 84.9 Å². The summed E-state index contributed by atoms with van der Waals surface area (Å²) in [7, 11) is -3.26. The van der Waals surface area contributed by atoms with Gasteiger partial charge in [-0.2, -0.15) is 0 Å². The maximum Gasteiger partial charge on any atom is 0.347 e.